The molecule has 0 unspecified atom stereocenters. The van der Waals surface area contributed by atoms with E-state index in [9.17, 15) is 4.79 Å². The minimum atomic E-state index is -0.363. The first kappa shape index (κ1) is 13.4. The largest absolute Gasteiger partial charge is 0.457 e. The van der Waals surface area contributed by atoms with Gasteiger partial charge in [0.1, 0.15) is 6.61 Å². The van der Waals surface area contributed by atoms with Gasteiger partial charge in [-0.25, -0.2) is 4.79 Å². The molecule has 0 fully saturated rings. The SMILES string of the molecule is Cc1cc(C(=O)OCc2ccc(Cl)cc2)ccc1N. The summed E-state index contributed by atoms with van der Waals surface area (Å²) in [7, 11) is 0. The molecule has 4 heteroatoms. The third-order valence-electron chi connectivity index (χ3n) is 2.79. The first-order valence-corrected chi connectivity index (χ1v) is 6.22. The Labute approximate surface area is 117 Å². The average molecular weight is 276 g/mol. The molecular weight excluding hydrogens is 262 g/mol. The summed E-state index contributed by atoms with van der Waals surface area (Å²) in [5.74, 6) is -0.363. The number of nitrogen functional groups attached to an aromatic ring is 1. The monoisotopic (exact) mass is 275 g/mol. The molecule has 0 amide bonds. The Morgan fingerprint density at radius 2 is 1.89 bits per heavy atom. The molecule has 98 valence electrons. The van der Waals surface area contributed by atoms with Gasteiger partial charge in [-0.2, -0.15) is 0 Å². The molecule has 0 spiro atoms. The lowest BCUT2D eigenvalue weighted by Crippen LogP contribution is -2.06. The second-order valence-corrected chi connectivity index (χ2v) is 4.71. The highest BCUT2D eigenvalue weighted by atomic mass is 35.5. The Hall–Kier alpha value is -2.00. The van der Waals surface area contributed by atoms with Gasteiger partial charge < -0.3 is 10.5 Å². The van der Waals surface area contributed by atoms with Crippen LogP contribution in [0.5, 0.6) is 0 Å². The molecular formula is C15H14ClNO2. The molecule has 0 saturated heterocycles. The molecule has 0 atom stereocenters. The summed E-state index contributed by atoms with van der Waals surface area (Å²) in [5.41, 5.74) is 8.62. The second kappa shape index (κ2) is 5.76. The Morgan fingerprint density at radius 3 is 2.53 bits per heavy atom. The van der Waals surface area contributed by atoms with E-state index in [1.54, 1.807) is 30.3 Å². The minimum Gasteiger partial charge on any atom is -0.457 e. The van der Waals surface area contributed by atoms with Crippen LogP contribution in [-0.2, 0) is 11.3 Å². The molecule has 3 nitrogen and oxygen atoms in total. The third-order valence-corrected chi connectivity index (χ3v) is 3.04. The molecule has 0 aliphatic heterocycles. The van der Waals surface area contributed by atoms with Crippen LogP contribution in [0.15, 0.2) is 42.5 Å². The fraction of sp³-hybridized carbons (Fsp3) is 0.133. The van der Waals surface area contributed by atoms with E-state index in [1.165, 1.54) is 0 Å². The predicted octanol–water partition coefficient (Wildman–Crippen LogP) is 3.59. The van der Waals surface area contributed by atoms with Crippen molar-refractivity contribution in [1.29, 1.82) is 0 Å². The Morgan fingerprint density at radius 1 is 1.21 bits per heavy atom. The van der Waals surface area contributed by atoms with Crippen molar-refractivity contribution in [3.63, 3.8) is 0 Å². The van der Waals surface area contributed by atoms with Gasteiger partial charge >= 0.3 is 5.97 Å². The lowest BCUT2D eigenvalue weighted by molar-refractivity contribution is 0.0472. The molecule has 0 aliphatic carbocycles. The van der Waals surface area contributed by atoms with Crippen LogP contribution in [0.25, 0.3) is 0 Å². The van der Waals surface area contributed by atoms with Gasteiger partial charge in [0.2, 0.25) is 0 Å². The smallest absolute Gasteiger partial charge is 0.338 e. The molecule has 0 saturated carbocycles. The van der Waals surface area contributed by atoms with Gasteiger partial charge in [-0.3, -0.25) is 0 Å². The van der Waals surface area contributed by atoms with Crippen LogP contribution in [-0.4, -0.2) is 5.97 Å². The average Bonchev–Trinajstić information content (AvgIpc) is 2.41. The summed E-state index contributed by atoms with van der Waals surface area (Å²) in [5, 5.41) is 0.657. The van der Waals surface area contributed by atoms with E-state index in [2.05, 4.69) is 0 Å². The highest BCUT2D eigenvalue weighted by molar-refractivity contribution is 6.30. The van der Waals surface area contributed by atoms with Crippen molar-refractivity contribution in [1.82, 2.24) is 0 Å². The number of ether oxygens (including phenoxy) is 1. The van der Waals surface area contributed by atoms with E-state index in [-0.39, 0.29) is 12.6 Å². The summed E-state index contributed by atoms with van der Waals surface area (Å²) < 4.78 is 5.23. The second-order valence-electron chi connectivity index (χ2n) is 4.27. The minimum absolute atomic E-state index is 0.222. The number of carbonyl (C=O) groups excluding carboxylic acids is 1. The fourth-order valence-corrected chi connectivity index (χ4v) is 1.74. The van der Waals surface area contributed by atoms with Gasteiger partial charge in [0.25, 0.3) is 0 Å². The Kier molecular flexibility index (Phi) is 4.07. The maximum Gasteiger partial charge on any atom is 0.338 e. The van der Waals surface area contributed by atoms with Gasteiger partial charge in [0, 0.05) is 10.7 Å². The number of esters is 1. The molecule has 0 aliphatic rings. The standard InChI is InChI=1S/C15H14ClNO2/c1-10-8-12(4-7-14(10)17)15(18)19-9-11-2-5-13(16)6-3-11/h2-8H,9,17H2,1H3. The van der Waals surface area contributed by atoms with Gasteiger partial charge in [-0.05, 0) is 48.4 Å². The molecule has 0 aromatic heterocycles. The van der Waals surface area contributed by atoms with Crippen molar-refractivity contribution in [3.8, 4) is 0 Å². The summed E-state index contributed by atoms with van der Waals surface area (Å²) in [6, 6.07) is 12.3. The molecule has 2 aromatic carbocycles. The van der Waals surface area contributed by atoms with Crippen molar-refractivity contribution in [2.75, 3.05) is 5.73 Å². The number of halogens is 1. The van der Waals surface area contributed by atoms with Crippen molar-refractivity contribution >= 4 is 23.3 Å². The van der Waals surface area contributed by atoms with Crippen molar-refractivity contribution < 1.29 is 9.53 Å². The Balaban J connectivity index is 2.01. The van der Waals surface area contributed by atoms with Crippen molar-refractivity contribution in [3.05, 3.63) is 64.2 Å². The normalized spacial score (nSPS) is 10.2. The molecule has 19 heavy (non-hydrogen) atoms. The summed E-state index contributed by atoms with van der Waals surface area (Å²) in [6.07, 6.45) is 0. The molecule has 0 bridgehead atoms. The maximum absolute atomic E-state index is 11.9. The number of hydrogen-bond donors (Lipinski definition) is 1. The lowest BCUT2D eigenvalue weighted by Gasteiger charge is -2.07. The van der Waals surface area contributed by atoms with Crippen LogP contribution in [0.1, 0.15) is 21.5 Å². The van der Waals surface area contributed by atoms with Crippen molar-refractivity contribution in [2.45, 2.75) is 13.5 Å². The topological polar surface area (TPSA) is 52.3 Å². The van der Waals surface area contributed by atoms with Crippen LogP contribution in [0.2, 0.25) is 5.02 Å². The van der Waals surface area contributed by atoms with Crippen LogP contribution in [0.4, 0.5) is 5.69 Å². The van der Waals surface area contributed by atoms with Crippen LogP contribution >= 0.6 is 11.6 Å². The molecule has 2 aromatic rings. The number of carbonyl (C=O) groups is 1. The predicted molar refractivity (Wildman–Crippen MR) is 76.2 cm³/mol. The number of aryl methyl sites for hydroxylation is 1. The number of anilines is 1. The molecule has 0 radical (unpaired) electrons. The number of nitrogens with two attached hydrogens (primary N) is 1. The van der Waals surface area contributed by atoms with E-state index in [0.717, 1.165) is 11.1 Å². The van der Waals surface area contributed by atoms with E-state index < -0.39 is 0 Å². The van der Waals surface area contributed by atoms with E-state index in [1.807, 2.05) is 19.1 Å². The maximum atomic E-state index is 11.9. The first-order chi connectivity index (χ1) is 9.06. The van der Waals surface area contributed by atoms with E-state index >= 15 is 0 Å². The Bertz CT molecular complexity index is 594. The van der Waals surface area contributed by atoms with Gasteiger partial charge in [0.05, 0.1) is 5.56 Å². The zero-order chi connectivity index (χ0) is 13.8. The van der Waals surface area contributed by atoms with Crippen LogP contribution < -0.4 is 5.73 Å². The highest BCUT2D eigenvalue weighted by Gasteiger charge is 2.08. The summed E-state index contributed by atoms with van der Waals surface area (Å²) in [4.78, 5) is 11.9. The number of hydrogen-bond acceptors (Lipinski definition) is 3. The summed E-state index contributed by atoms with van der Waals surface area (Å²) in [6.45, 7) is 2.07. The van der Waals surface area contributed by atoms with Crippen molar-refractivity contribution in [2.24, 2.45) is 0 Å². The lowest BCUT2D eigenvalue weighted by atomic mass is 10.1. The van der Waals surface area contributed by atoms with Gasteiger partial charge in [-0.15, -0.1) is 0 Å². The quantitative estimate of drug-likeness (QED) is 0.688. The first-order valence-electron chi connectivity index (χ1n) is 5.84. The van der Waals surface area contributed by atoms with E-state index in [4.69, 9.17) is 22.1 Å². The number of benzene rings is 2. The zero-order valence-electron chi connectivity index (χ0n) is 10.5. The molecule has 2 rings (SSSR count). The molecule has 0 heterocycles. The fourth-order valence-electron chi connectivity index (χ4n) is 1.62. The third kappa shape index (κ3) is 3.48. The van der Waals surface area contributed by atoms with Crippen LogP contribution in [0, 0.1) is 6.92 Å². The highest BCUT2D eigenvalue weighted by Crippen LogP contribution is 2.15. The zero-order valence-corrected chi connectivity index (χ0v) is 11.3. The van der Waals surface area contributed by atoms with E-state index in [0.29, 0.717) is 16.3 Å². The number of rotatable bonds is 3. The summed E-state index contributed by atoms with van der Waals surface area (Å²) >= 11 is 5.78. The molecule has 2 N–H and O–H groups in total. The van der Waals surface area contributed by atoms with Crippen LogP contribution in [0.3, 0.4) is 0 Å². The van der Waals surface area contributed by atoms with Gasteiger partial charge in [0.15, 0.2) is 0 Å². The van der Waals surface area contributed by atoms with Gasteiger partial charge in [-0.1, -0.05) is 23.7 Å².